The zero-order valence-corrected chi connectivity index (χ0v) is 9.82. The SMILES string of the molecule is O=CCCCCCOc1c(F)c(F)c(F)c(F)c1F. The van der Waals surface area contributed by atoms with Gasteiger partial charge in [0.05, 0.1) is 6.61 Å². The number of halogens is 5. The summed E-state index contributed by atoms with van der Waals surface area (Å²) in [6.07, 6.45) is 2.54. The van der Waals surface area contributed by atoms with Gasteiger partial charge in [-0.1, -0.05) is 0 Å². The molecule has 7 heteroatoms. The number of unbranched alkanes of at least 4 members (excludes halogenated alkanes) is 3. The van der Waals surface area contributed by atoms with E-state index >= 15 is 0 Å². The lowest BCUT2D eigenvalue weighted by atomic mass is 10.2. The van der Waals surface area contributed by atoms with Crippen LogP contribution < -0.4 is 4.74 Å². The van der Waals surface area contributed by atoms with Crippen molar-refractivity contribution < 1.29 is 31.5 Å². The van der Waals surface area contributed by atoms with E-state index < -0.39 is 34.8 Å². The van der Waals surface area contributed by atoms with E-state index in [0.717, 1.165) is 6.29 Å². The molecule has 0 amide bonds. The van der Waals surface area contributed by atoms with Crippen LogP contribution in [0, 0.1) is 29.1 Å². The molecule has 0 fully saturated rings. The summed E-state index contributed by atoms with van der Waals surface area (Å²) in [6.45, 7) is -0.197. The number of aldehydes is 1. The first-order valence-electron chi connectivity index (χ1n) is 5.58. The minimum Gasteiger partial charge on any atom is -0.487 e. The van der Waals surface area contributed by atoms with E-state index in [9.17, 15) is 26.7 Å². The van der Waals surface area contributed by atoms with Gasteiger partial charge < -0.3 is 9.53 Å². The molecule has 0 aromatic heterocycles. The van der Waals surface area contributed by atoms with Gasteiger partial charge in [0.1, 0.15) is 6.29 Å². The van der Waals surface area contributed by atoms with Gasteiger partial charge in [-0.05, 0) is 19.3 Å². The molecule has 0 aliphatic heterocycles. The molecule has 19 heavy (non-hydrogen) atoms. The highest BCUT2D eigenvalue weighted by Gasteiger charge is 2.26. The van der Waals surface area contributed by atoms with Crippen LogP contribution in [-0.2, 0) is 4.79 Å². The molecule has 1 aromatic carbocycles. The maximum atomic E-state index is 13.1. The monoisotopic (exact) mass is 282 g/mol. The number of rotatable bonds is 7. The normalized spacial score (nSPS) is 10.6. The number of ether oxygens (including phenoxy) is 1. The van der Waals surface area contributed by atoms with Crippen molar-refractivity contribution in [2.24, 2.45) is 0 Å². The fourth-order valence-corrected chi connectivity index (χ4v) is 1.39. The highest BCUT2D eigenvalue weighted by atomic mass is 19.2. The first-order chi connectivity index (χ1) is 9.00. The summed E-state index contributed by atoms with van der Waals surface area (Å²) >= 11 is 0. The molecule has 2 nitrogen and oxygen atoms in total. The maximum Gasteiger partial charge on any atom is 0.206 e. The van der Waals surface area contributed by atoms with Crippen molar-refractivity contribution >= 4 is 6.29 Å². The molecule has 1 aromatic rings. The molecule has 106 valence electrons. The molecule has 0 saturated carbocycles. The van der Waals surface area contributed by atoms with Crippen LogP contribution in [0.15, 0.2) is 0 Å². The van der Waals surface area contributed by atoms with Crippen LogP contribution in [0.1, 0.15) is 25.7 Å². The van der Waals surface area contributed by atoms with E-state index in [1.54, 1.807) is 0 Å². The van der Waals surface area contributed by atoms with Gasteiger partial charge in [0, 0.05) is 6.42 Å². The first-order valence-corrected chi connectivity index (χ1v) is 5.58. The van der Waals surface area contributed by atoms with Crippen LogP contribution in [0.3, 0.4) is 0 Å². The van der Waals surface area contributed by atoms with Crippen molar-refractivity contribution in [1.29, 1.82) is 0 Å². The third kappa shape index (κ3) is 3.65. The minimum atomic E-state index is -2.21. The average molecular weight is 282 g/mol. The Balaban J connectivity index is 2.66. The highest BCUT2D eigenvalue weighted by molar-refractivity contribution is 5.48. The molecule has 0 unspecified atom stereocenters. The number of hydrogen-bond acceptors (Lipinski definition) is 2. The minimum absolute atomic E-state index is 0.197. The van der Waals surface area contributed by atoms with Crippen LogP contribution in [0.2, 0.25) is 0 Å². The molecule has 1 rings (SSSR count). The Morgan fingerprint density at radius 1 is 0.789 bits per heavy atom. The average Bonchev–Trinajstić information content (AvgIpc) is 2.41. The molecule has 0 aliphatic rings. The van der Waals surface area contributed by atoms with Crippen LogP contribution in [-0.4, -0.2) is 12.9 Å². The largest absolute Gasteiger partial charge is 0.487 e. The lowest BCUT2D eigenvalue weighted by Crippen LogP contribution is -2.08. The van der Waals surface area contributed by atoms with Crippen molar-refractivity contribution in [3.63, 3.8) is 0 Å². The van der Waals surface area contributed by atoms with Gasteiger partial charge in [-0.15, -0.1) is 0 Å². The fourth-order valence-electron chi connectivity index (χ4n) is 1.39. The van der Waals surface area contributed by atoms with E-state index in [0.29, 0.717) is 25.7 Å². The molecule has 0 saturated heterocycles. The quantitative estimate of drug-likeness (QED) is 0.251. The number of hydrogen-bond donors (Lipinski definition) is 0. The van der Waals surface area contributed by atoms with Gasteiger partial charge in [0.15, 0.2) is 5.75 Å². The van der Waals surface area contributed by atoms with Crippen LogP contribution in [0.5, 0.6) is 5.75 Å². The second kappa shape index (κ2) is 7.06. The van der Waals surface area contributed by atoms with Gasteiger partial charge >= 0.3 is 0 Å². The zero-order chi connectivity index (χ0) is 14.4. The third-order valence-electron chi connectivity index (χ3n) is 2.38. The van der Waals surface area contributed by atoms with Crippen molar-refractivity contribution in [1.82, 2.24) is 0 Å². The molecule has 0 spiro atoms. The van der Waals surface area contributed by atoms with Crippen molar-refractivity contribution in [3.8, 4) is 5.75 Å². The van der Waals surface area contributed by atoms with E-state index in [-0.39, 0.29) is 6.61 Å². The fraction of sp³-hybridized carbons (Fsp3) is 0.417. The smallest absolute Gasteiger partial charge is 0.206 e. The molecule has 0 radical (unpaired) electrons. The van der Waals surface area contributed by atoms with Gasteiger partial charge in [-0.2, -0.15) is 8.78 Å². The summed E-state index contributed by atoms with van der Waals surface area (Å²) in [5, 5.41) is 0. The highest BCUT2D eigenvalue weighted by Crippen LogP contribution is 2.29. The number of carbonyl (C=O) groups is 1. The molecular formula is C12H11F5O2. The Bertz CT molecular complexity index is 433. The second-order valence-electron chi connectivity index (χ2n) is 3.76. The van der Waals surface area contributed by atoms with Crippen LogP contribution in [0.4, 0.5) is 22.0 Å². The lowest BCUT2D eigenvalue weighted by molar-refractivity contribution is -0.107. The first kappa shape index (κ1) is 15.4. The number of benzene rings is 1. The van der Waals surface area contributed by atoms with Crippen molar-refractivity contribution in [2.75, 3.05) is 6.61 Å². The predicted molar refractivity (Wildman–Crippen MR) is 56.3 cm³/mol. The maximum absolute atomic E-state index is 13.1. The molecular weight excluding hydrogens is 271 g/mol. The van der Waals surface area contributed by atoms with Crippen LogP contribution in [0.25, 0.3) is 0 Å². The van der Waals surface area contributed by atoms with Crippen molar-refractivity contribution in [3.05, 3.63) is 29.1 Å². The van der Waals surface area contributed by atoms with E-state index in [1.165, 1.54) is 0 Å². The molecule has 0 bridgehead atoms. The van der Waals surface area contributed by atoms with Crippen molar-refractivity contribution in [2.45, 2.75) is 25.7 Å². The Labute approximate surface area is 106 Å². The summed E-state index contributed by atoms with van der Waals surface area (Å²) in [5.74, 6) is -11.5. The lowest BCUT2D eigenvalue weighted by Gasteiger charge is -2.09. The summed E-state index contributed by atoms with van der Waals surface area (Å²) in [4.78, 5) is 10.0. The standard InChI is InChI=1S/C12H11F5O2/c13-7-8(14)10(16)12(11(17)9(7)15)19-6-4-2-1-3-5-18/h5H,1-4,6H2. The second-order valence-corrected chi connectivity index (χ2v) is 3.76. The predicted octanol–water partition coefficient (Wildman–Crippen LogP) is 3.52. The van der Waals surface area contributed by atoms with Gasteiger partial charge in [0.2, 0.25) is 29.1 Å². The van der Waals surface area contributed by atoms with E-state index in [4.69, 9.17) is 0 Å². The summed E-state index contributed by atoms with van der Waals surface area (Å²) in [7, 11) is 0. The molecule has 0 atom stereocenters. The van der Waals surface area contributed by atoms with Gasteiger partial charge in [-0.3, -0.25) is 0 Å². The molecule has 0 aliphatic carbocycles. The van der Waals surface area contributed by atoms with Gasteiger partial charge in [0.25, 0.3) is 0 Å². The molecule has 0 heterocycles. The Kier molecular flexibility index (Phi) is 5.72. The van der Waals surface area contributed by atoms with Gasteiger partial charge in [-0.25, -0.2) is 13.2 Å². The van der Waals surface area contributed by atoms with E-state index in [1.807, 2.05) is 0 Å². The molecule has 0 N–H and O–H groups in total. The topological polar surface area (TPSA) is 26.3 Å². The Hall–Kier alpha value is -1.66. The summed E-state index contributed by atoms with van der Waals surface area (Å²) in [5.41, 5.74) is 0. The number of carbonyl (C=O) groups excluding carboxylic acids is 1. The third-order valence-corrected chi connectivity index (χ3v) is 2.38. The summed E-state index contributed by atoms with van der Waals surface area (Å²) < 4.78 is 69.2. The zero-order valence-electron chi connectivity index (χ0n) is 9.82. The van der Waals surface area contributed by atoms with E-state index in [2.05, 4.69) is 4.74 Å². The Morgan fingerprint density at radius 3 is 1.84 bits per heavy atom. The van der Waals surface area contributed by atoms with Crippen LogP contribution >= 0.6 is 0 Å². The summed E-state index contributed by atoms with van der Waals surface area (Å²) in [6, 6.07) is 0. The Morgan fingerprint density at radius 2 is 1.32 bits per heavy atom.